The Morgan fingerprint density at radius 3 is 2.79 bits per heavy atom. The van der Waals surface area contributed by atoms with E-state index in [1.54, 1.807) is 43.7 Å². The number of hydrogen-bond donors (Lipinski definition) is 2. The molecule has 1 aromatic heterocycles. The molecule has 6 heteroatoms. The van der Waals surface area contributed by atoms with Gasteiger partial charge in [-0.2, -0.15) is 0 Å². The first-order chi connectivity index (χ1) is 9.03. The summed E-state index contributed by atoms with van der Waals surface area (Å²) < 4.78 is 27.0. The van der Waals surface area contributed by atoms with E-state index >= 15 is 0 Å². The molecule has 0 fully saturated rings. The number of sulfonamides is 1. The highest BCUT2D eigenvalue weighted by Crippen LogP contribution is 2.18. The third-order valence-electron chi connectivity index (χ3n) is 2.79. The van der Waals surface area contributed by atoms with Gasteiger partial charge < -0.3 is 5.32 Å². The van der Waals surface area contributed by atoms with E-state index in [0.717, 1.165) is 10.8 Å². The molecule has 1 unspecified atom stereocenters. The molecule has 19 heavy (non-hydrogen) atoms. The Hall–Kier alpha value is -1.50. The van der Waals surface area contributed by atoms with Crippen LogP contribution in [0.4, 0.5) is 0 Å². The molecule has 0 radical (unpaired) electrons. The van der Waals surface area contributed by atoms with Crippen LogP contribution in [0.2, 0.25) is 0 Å². The summed E-state index contributed by atoms with van der Waals surface area (Å²) in [4.78, 5) is 4.28. The SMILES string of the molecule is CNCC(C)NS(=O)(=O)c1ccc2cnccc2c1. The van der Waals surface area contributed by atoms with Crippen molar-refractivity contribution in [3.63, 3.8) is 0 Å². The summed E-state index contributed by atoms with van der Waals surface area (Å²) >= 11 is 0. The number of rotatable bonds is 5. The first-order valence-electron chi connectivity index (χ1n) is 6.03. The summed E-state index contributed by atoms with van der Waals surface area (Å²) in [7, 11) is -1.70. The maximum Gasteiger partial charge on any atom is 0.240 e. The fourth-order valence-electron chi connectivity index (χ4n) is 1.91. The largest absolute Gasteiger partial charge is 0.318 e. The van der Waals surface area contributed by atoms with E-state index < -0.39 is 10.0 Å². The molecule has 2 aromatic rings. The molecule has 0 saturated heterocycles. The summed E-state index contributed by atoms with van der Waals surface area (Å²) in [6.45, 7) is 2.40. The van der Waals surface area contributed by atoms with E-state index in [0.29, 0.717) is 6.54 Å². The molecule has 1 aromatic carbocycles. The van der Waals surface area contributed by atoms with Gasteiger partial charge in [0, 0.05) is 30.4 Å². The highest BCUT2D eigenvalue weighted by Gasteiger charge is 2.17. The summed E-state index contributed by atoms with van der Waals surface area (Å²) in [5, 5.41) is 4.72. The van der Waals surface area contributed by atoms with Gasteiger partial charge in [-0.05, 0) is 37.6 Å². The molecule has 2 rings (SSSR count). The van der Waals surface area contributed by atoms with Crippen LogP contribution in [-0.2, 0) is 10.0 Å². The molecular formula is C13H17N3O2S. The molecule has 1 atom stereocenters. The van der Waals surface area contributed by atoms with Gasteiger partial charge in [0.25, 0.3) is 0 Å². The van der Waals surface area contributed by atoms with Gasteiger partial charge in [0.1, 0.15) is 0 Å². The Bertz CT molecular complexity index is 670. The van der Waals surface area contributed by atoms with Gasteiger partial charge in [0.2, 0.25) is 10.0 Å². The predicted molar refractivity (Wildman–Crippen MR) is 75.5 cm³/mol. The second-order valence-electron chi connectivity index (χ2n) is 4.46. The number of pyridine rings is 1. The van der Waals surface area contributed by atoms with Crippen molar-refractivity contribution in [1.82, 2.24) is 15.0 Å². The smallest absolute Gasteiger partial charge is 0.240 e. The first kappa shape index (κ1) is 13.9. The van der Waals surface area contributed by atoms with E-state index in [1.807, 2.05) is 6.92 Å². The van der Waals surface area contributed by atoms with Crippen LogP contribution in [0, 0.1) is 0 Å². The molecule has 0 saturated carbocycles. The molecule has 0 aliphatic carbocycles. The van der Waals surface area contributed by atoms with Gasteiger partial charge >= 0.3 is 0 Å². The van der Waals surface area contributed by atoms with Crippen LogP contribution in [0.25, 0.3) is 10.8 Å². The van der Waals surface area contributed by atoms with Gasteiger partial charge in [-0.25, -0.2) is 13.1 Å². The molecule has 5 nitrogen and oxygen atoms in total. The lowest BCUT2D eigenvalue weighted by molar-refractivity contribution is 0.550. The standard InChI is InChI=1S/C13H17N3O2S/c1-10(8-14-2)16-19(17,18)13-4-3-12-9-15-6-5-11(12)7-13/h3-7,9-10,14,16H,8H2,1-2H3. The van der Waals surface area contributed by atoms with Crippen LogP contribution >= 0.6 is 0 Å². The zero-order valence-corrected chi connectivity index (χ0v) is 11.7. The van der Waals surface area contributed by atoms with Crippen molar-refractivity contribution in [2.24, 2.45) is 0 Å². The zero-order chi connectivity index (χ0) is 13.9. The van der Waals surface area contributed by atoms with Crippen molar-refractivity contribution >= 4 is 20.8 Å². The van der Waals surface area contributed by atoms with Crippen molar-refractivity contribution in [3.8, 4) is 0 Å². The maximum atomic E-state index is 12.2. The average molecular weight is 279 g/mol. The summed E-state index contributed by atoms with van der Waals surface area (Å²) in [6, 6.07) is 6.65. The number of hydrogen-bond acceptors (Lipinski definition) is 4. The van der Waals surface area contributed by atoms with Gasteiger partial charge in [0.05, 0.1) is 4.90 Å². The summed E-state index contributed by atoms with van der Waals surface area (Å²) in [5.74, 6) is 0. The topological polar surface area (TPSA) is 71.1 Å². The minimum absolute atomic E-state index is 0.164. The van der Waals surface area contributed by atoms with Gasteiger partial charge in [-0.1, -0.05) is 6.07 Å². The molecule has 0 bridgehead atoms. The molecule has 2 N–H and O–H groups in total. The third-order valence-corrected chi connectivity index (χ3v) is 4.38. The fourth-order valence-corrected chi connectivity index (χ4v) is 3.19. The average Bonchev–Trinajstić information content (AvgIpc) is 2.37. The van der Waals surface area contributed by atoms with E-state index in [2.05, 4.69) is 15.0 Å². The predicted octanol–water partition coefficient (Wildman–Crippen LogP) is 1.12. The van der Waals surface area contributed by atoms with Crippen molar-refractivity contribution in [3.05, 3.63) is 36.7 Å². The number of likely N-dealkylation sites (N-methyl/N-ethyl adjacent to an activating group) is 1. The van der Waals surface area contributed by atoms with E-state index in [9.17, 15) is 8.42 Å². The first-order valence-corrected chi connectivity index (χ1v) is 7.52. The monoisotopic (exact) mass is 279 g/mol. The molecule has 102 valence electrons. The highest BCUT2D eigenvalue weighted by atomic mass is 32.2. The second-order valence-corrected chi connectivity index (χ2v) is 6.18. The third kappa shape index (κ3) is 3.28. The quantitative estimate of drug-likeness (QED) is 0.860. The van der Waals surface area contributed by atoms with Crippen molar-refractivity contribution in [1.29, 1.82) is 0 Å². The van der Waals surface area contributed by atoms with E-state index in [4.69, 9.17) is 0 Å². The number of fused-ring (bicyclic) bond motifs is 1. The van der Waals surface area contributed by atoms with Gasteiger partial charge in [-0.3, -0.25) is 4.98 Å². The van der Waals surface area contributed by atoms with Crippen LogP contribution in [0.3, 0.4) is 0 Å². The Kier molecular flexibility index (Phi) is 4.14. The van der Waals surface area contributed by atoms with Gasteiger partial charge in [-0.15, -0.1) is 0 Å². The highest BCUT2D eigenvalue weighted by molar-refractivity contribution is 7.89. The number of aromatic nitrogens is 1. The molecule has 0 aliphatic rings. The number of nitrogens with one attached hydrogen (secondary N) is 2. The van der Waals surface area contributed by atoms with Crippen molar-refractivity contribution < 1.29 is 8.42 Å². The Balaban J connectivity index is 2.32. The molecular weight excluding hydrogens is 262 g/mol. The van der Waals surface area contributed by atoms with Gasteiger partial charge in [0.15, 0.2) is 0 Å². The lowest BCUT2D eigenvalue weighted by atomic mass is 10.2. The minimum atomic E-state index is -3.48. The van der Waals surface area contributed by atoms with Crippen LogP contribution in [0.15, 0.2) is 41.6 Å². The van der Waals surface area contributed by atoms with E-state index in [-0.39, 0.29) is 10.9 Å². The Morgan fingerprint density at radius 1 is 1.26 bits per heavy atom. The van der Waals surface area contributed by atoms with Crippen LogP contribution in [0.5, 0.6) is 0 Å². The minimum Gasteiger partial charge on any atom is -0.318 e. The number of benzene rings is 1. The fraction of sp³-hybridized carbons (Fsp3) is 0.308. The van der Waals surface area contributed by atoms with Crippen LogP contribution in [-0.4, -0.2) is 33.0 Å². The summed E-state index contributed by atoms with van der Waals surface area (Å²) in [6.07, 6.45) is 3.36. The number of nitrogens with zero attached hydrogens (tertiary/aromatic N) is 1. The van der Waals surface area contributed by atoms with Crippen LogP contribution < -0.4 is 10.0 Å². The second kappa shape index (κ2) is 5.64. The van der Waals surface area contributed by atoms with E-state index in [1.165, 1.54) is 0 Å². The normalized spacial score (nSPS) is 13.6. The Morgan fingerprint density at radius 2 is 2.05 bits per heavy atom. The molecule has 0 spiro atoms. The van der Waals surface area contributed by atoms with Crippen LogP contribution in [0.1, 0.15) is 6.92 Å². The zero-order valence-electron chi connectivity index (χ0n) is 10.9. The van der Waals surface area contributed by atoms with Crippen molar-refractivity contribution in [2.45, 2.75) is 17.9 Å². The Labute approximate surface area is 113 Å². The molecule has 0 amide bonds. The lowest BCUT2D eigenvalue weighted by Gasteiger charge is -2.14. The van der Waals surface area contributed by atoms with Crippen molar-refractivity contribution in [2.75, 3.05) is 13.6 Å². The maximum absolute atomic E-state index is 12.2. The molecule has 1 heterocycles. The molecule has 0 aliphatic heterocycles. The summed E-state index contributed by atoms with van der Waals surface area (Å²) in [5.41, 5.74) is 0. The lowest BCUT2D eigenvalue weighted by Crippen LogP contribution is -2.38.